The van der Waals surface area contributed by atoms with Crippen molar-refractivity contribution in [2.24, 2.45) is 7.05 Å². The Labute approximate surface area is 263 Å². The van der Waals surface area contributed by atoms with Crippen LogP contribution in [0.15, 0.2) is 67.3 Å². The summed E-state index contributed by atoms with van der Waals surface area (Å²) in [5.74, 6) is 1.50. The fourth-order valence-corrected chi connectivity index (χ4v) is 5.52. The molecule has 0 spiro atoms. The number of aryl methyl sites for hydroxylation is 1. The van der Waals surface area contributed by atoms with Crippen molar-refractivity contribution in [3.63, 3.8) is 0 Å². The number of nitrogens with one attached hydrogen (secondary N) is 3. The third-order valence-electron chi connectivity index (χ3n) is 7.94. The largest absolute Gasteiger partial charge is 0.393 e. The molecule has 0 radical (unpaired) electrons. The van der Waals surface area contributed by atoms with E-state index in [-0.39, 0.29) is 18.1 Å². The molecule has 1 fully saturated rings. The van der Waals surface area contributed by atoms with Gasteiger partial charge in [-0.05, 0) is 63.1 Å². The SMILES string of the molecule is CC(O)CCNc1nc(N[C@H]2CCC[C@@H](N(C(=O)NCc3ccccc3)c3ccc(-c4cnn(C)c4)cn3)CC2)ncc1C#N. The lowest BCUT2D eigenvalue weighted by atomic mass is 10.1. The zero-order chi connectivity index (χ0) is 31.6. The molecule has 234 valence electrons. The van der Waals surface area contributed by atoms with E-state index >= 15 is 0 Å². The highest BCUT2D eigenvalue weighted by Gasteiger charge is 2.29. The lowest BCUT2D eigenvalue weighted by Gasteiger charge is -2.30. The van der Waals surface area contributed by atoms with E-state index in [9.17, 15) is 15.2 Å². The monoisotopic (exact) mass is 608 g/mol. The number of aliphatic hydroxyl groups excluding tert-OH is 1. The van der Waals surface area contributed by atoms with Crippen LogP contribution in [0.4, 0.5) is 22.4 Å². The molecule has 0 bridgehead atoms. The standard InChI is InChI=1S/C33H40N10O2/c1-23(44)15-16-35-31-26(17-34)20-37-32(41-31)40-28-9-6-10-29(13-12-28)43(33(45)38-18-24-7-4-3-5-8-24)30-14-11-25(19-36-30)27-21-39-42(2)22-27/h3-5,7-8,11,14,19-23,28-29,44H,6,9-10,12-13,15-16,18H2,1-2H3,(H,38,45)(H2,35,37,40,41)/t23?,28-,29+/m0/s1. The normalized spacial score (nSPS) is 17.0. The number of pyridine rings is 1. The van der Waals surface area contributed by atoms with Crippen LogP contribution in [-0.2, 0) is 13.6 Å². The molecule has 0 saturated heterocycles. The van der Waals surface area contributed by atoms with Crippen molar-refractivity contribution in [2.45, 2.75) is 70.2 Å². The number of aromatic nitrogens is 5. The van der Waals surface area contributed by atoms with Crippen LogP contribution in [0.3, 0.4) is 0 Å². The van der Waals surface area contributed by atoms with Crippen molar-refractivity contribution in [3.05, 3.63) is 78.4 Å². The third-order valence-corrected chi connectivity index (χ3v) is 7.94. The molecule has 0 aliphatic heterocycles. The number of amides is 2. The lowest BCUT2D eigenvalue weighted by molar-refractivity contribution is 0.188. The summed E-state index contributed by atoms with van der Waals surface area (Å²) in [4.78, 5) is 29.2. The van der Waals surface area contributed by atoms with Gasteiger partial charge in [-0.3, -0.25) is 9.58 Å². The number of carbonyl (C=O) groups is 1. The Morgan fingerprint density at radius 2 is 1.93 bits per heavy atom. The average Bonchev–Trinajstić information content (AvgIpc) is 3.36. The van der Waals surface area contributed by atoms with Gasteiger partial charge in [-0.2, -0.15) is 15.3 Å². The van der Waals surface area contributed by atoms with Gasteiger partial charge in [0.1, 0.15) is 23.3 Å². The van der Waals surface area contributed by atoms with Gasteiger partial charge in [0.25, 0.3) is 0 Å². The van der Waals surface area contributed by atoms with E-state index in [0.717, 1.165) is 48.8 Å². The summed E-state index contributed by atoms with van der Waals surface area (Å²) in [6.07, 6.45) is 11.3. The molecule has 1 aliphatic rings. The first-order chi connectivity index (χ1) is 21.9. The van der Waals surface area contributed by atoms with Gasteiger partial charge in [0.05, 0.1) is 18.5 Å². The number of nitrogens with zero attached hydrogens (tertiary/aromatic N) is 7. The summed E-state index contributed by atoms with van der Waals surface area (Å²) in [6.45, 7) is 2.64. The fourth-order valence-electron chi connectivity index (χ4n) is 5.52. The molecule has 3 heterocycles. The summed E-state index contributed by atoms with van der Waals surface area (Å²) in [7, 11) is 1.88. The van der Waals surface area contributed by atoms with Crippen molar-refractivity contribution >= 4 is 23.6 Å². The Morgan fingerprint density at radius 1 is 1.09 bits per heavy atom. The van der Waals surface area contributed by atoms with Gasteiger partial charge in [0, 0.05) is 55.7 Å². The van der Waals surface area contributed by atoms with Crippen LogP contribution in [0.2, 0.25) is 0 Å². The molecule has 45 heavy (non-hydrogen) atoms. The maximum atomic E-state index is 13.8. The second kappa shape index (κ2) is 15.1. The summed E-state index contributed by atoms with van der Waals surface area (Å²) < 4.78 is 1.75. The first kappa shape index (κ1) is 31.4. The Hall–Kier alpha value is -5.02. The molecule has 12 heteroatoms. The Balaban J connectivity index is 1.29. The lowest BCUT2D eigenvalue weighted by Crippen LogP contribution is -2.46. The van der Waals surface area contributed by atoms with Crippen LogP contribution >= 0.6 is 0 Å². The Morgan fingerprint density at radius 3 is 2.64 bits per heavy atom. The predicted octanol–water partition coefficient (Wildman–Crippen LogP) is 4.86. The first-order valence-corrected chi connectivity index (χ1v) is 15.4. The van der Waals surface area contributed by atoms with Gasteiger partial charge in [0.2, 0.25) is 5.95 Å². The number of benzene rings is 1. The molecule has 3 aromatic heterocycles. The molecule has 1 saturated carbocycles. The molecule has 4 N–H and O–H groups in total. The minimum atomic E-state index is -0.448. The van der Waals surface area contributed by atoms with Gasteiger partial charge < -0.3 is 21.1 Å². The molecular weight excluding hydrogens is 568 g/mol. The molecule has 12 nitrogen and oxygen atoms in total. The van der Waals surface area contributed by atoms with Crippen LogP contribution in [0.1, 0.15) is 56.6 Å². The zero-order valence-corrected chi connectivity index (χ0v) is 25.7. The number of aliphatic hydroxyl groups is 1. The number of rotatable bonds is 11. The van der Waals surface area contributed by atoms with Crippen LogP contribution in [0.5, 0.6) is 0 Å². The minimum absolute atomic E-state index is 0.0519. The number of nitriles is 1. The van der Waals surface area contributed by atoms with Gasteiger partial charge >= 0.3 is 6.03 Å². The molecular formula is C33H40N10O2. The molecule has 5 rings (SSSR count). The maximum absolute atomic E-state index is 13.8. The second-order valence-electron chi connectivity index (χ2n) is 11.5. The summed E-state index contributed by atoms with van der Waals surface area (Å²) in [6, 6.07) is 15.7. The van der Waals surface area contributed by atoms with Crippen LogP contribution in [0.25, 0.3) is 11.1 Å². The highest BCUT2D eigenvalue weighted by Crippen LogP contribution is 2.29. The van der Waals surface area contributed by atoms with E-state index in [4.69, 9.17) is 4.98 Å². The maximum Gasteiger partial charge on any atom is 0.323 e. The van der Waals surface area contributed by atoms with Gasteiger partial charge in [-0.15, -0.1) is 0 Å². The highest BCUT2D eigenvalue weighted by atomic mass is 16.3. The molecule has 1 aliphatic carbocycles. The summed E-state index contributed by atoms with van der Waals surface area (Å²) in [5, 5.41) is 33.0. The fraction of sp³-hybridized carbons (Fsp3) is 0.394. The highest BCUT2D eigenvalue weighted by molar-refractivity contribution is 5.91. The number of carbonyl (C=O) groups excluding carboxylic acids is 1. The van der Waals surface area contributed by atoms with E-state index < -0.39 is 6.10 Å². The van der Waals surface area contributed by atoms with Crippen LogP contribution in [-0.4, -0.2) is 60.6 Å². The van der Waals surface area contributed by atoms with Gasteiger partial charge in [-0.25, -0.2) is 14.8 Å². The number of anilines is 3. The molecule has 4 aromatic rings. The Kier molecular flexibility index (Phi) is 10.6. The van der Waals surface area contributed by atoms with Crippen molar-refractivity contribution in [2.75, 3.05) is 22.1 Å². The van der Waals surface area contributed by atoms with Crippen LogP contribution in [0, 0.1) is 11.3 Å². The van der Waals surface area contributed by atoms with E-state index in [1.54, 1.807) is 28.9 Å². The predicted molar refractivity (Wildman–Crippen MR) is 173 cm³/mol. The van der Waals surface area contributed by atoms with Crippen molar-refractivity contribution in [1.29, 1.82) is 5.26 Å². The quantitative estimate of drug-likeness (QED) is 0.175. The van der Waals surface area contributed by atoms with E-state index in [1.165, 1.54) is 6.20 Å². The topological polar surface area (TPSA) is 157 Å². The first-order valence-electron chi connectivity index (χ1n) is 15.4. The van der Waals surface area contributed by atoms with Gasteiger partial charge in [-0.1, -0.05) is 30.3 Å². The number of hydrogen-bond donors (Lipinski definition) is 4. The Bertz CT molecular complexity index is 1580. The van der Waals surface area contributed by atoms with Crippen molar-refractivity contribution in [3.8, 4) is 17.2 Å². The smallest absolute Gasteiger partial charge is 0.323 e. The third kappa shape index (κ3) is 8.55. The van der Waals surface area contributed by atoms with Gasteiger partial charge in [0.15, 0.2) is 0 Å². The molecule has 1 aromatic carbocycles. The van der Waals surface area contributed by atoms with Crippen molar-refractivity contribution in [1.82, 2.24) is 30.0 Å². The second-order valence-corrected chi connectivity index (χ2v) is 11.5. The average molecular weight is 609 g/mol. The minimum Gasteiger partial charge on any atom is -0.393 e. The van der Waals surface area contributed by atoms with E-state index in [1.807, 2.05) is 55.7 Å². The number of urea groups is 1. The summed E-state index contributed by atoms with van der Waals surface area (Å²) >= 11 is 0. The van der Waals surface area contributed by atoms with E-state index in [2.05, 4.69) is 37.1 Å². The van der Waals surface area contributed by atoms with Crippen LogP contribution < -0.4 is 20.9 Å². The molecule has 3 atom stereocenters. The van der Waals surface area contributed by atoms with E-state index in [0.29, 0.717) is 42.7 Å². The number of hydrogen-bond acceptors (Lipinski definition) is 9. The molecule has 2 amide bonds. The molecule has 1 unspecified atom stereocenters. The summed E-state index contributed by atoms with van der Waals surface area (Å²) in [5.41, 5.74) is 3.28. The zero-order valence-electron chi connectivity index (χ0n) is 25.7. The van der Waals surface area contributed by atoms with Crippen molar-refractivity contribution < 1.29 is 9.90 Å².